The molecule has 17 heteroatoms. The monoisotopic (exact) mass is 720 g/mol. The summed E-state index contributed by atoms with van der Waals surface area (Å²) in [5.41, 5.74) is -0.360. The number of aromatic nitrogens is 6. The molecular formula is C35H32F4N8O5. The lowest BCUT2D eigenvalue weighted by Crippen LogP contribution is -2.64. The van der Waals surface area contributed by atoms with Crippen molar-refractivity contribution in [3.63, 3.8) is 0 Å². The minimum absolute atomic E-state index is 0.0673. The van der Waals surface area contributed by atoms with Crippen molar-refractivity contribution in [2.24, 2.45) is 11.8 Å². The number of anilines is 1. The topological polar surface area (TPSA) is 157 Å². The Hall–Kier alpha value is -5.19. The highest BCUT2D eigenvalue weighted by atomic mass is 19.4. The Labute approximate surface area is 292 Å². The van der Waals surface area contributed by atoms with Gasteiger partial charge in [0.25, 0.3) is 11.5 Å². The number of likely N-dealkylation sites (tertiary alicyclic amines) is 1. The van der Waals surface area contributed by atoms with Crippen LogP contribution in [0.3, 0.4) is 0 Å². The van der Waals surface area contributed by atoms with Crippen LogP contribution in [-0.4, -0.2) is 76.8 Å². The average molecular weight is 721 g/mol. The van der Waals surface area contributed by atoms with E-state index in [-0.39, 0.29) is 46.6 Å². The molecule has 2 saturated carbocycles. The number of ether oxygens (including phenoxy) is 1. The van der Waals surface area contributed by atoms with Crippen molar-refractivity contribution in [1.29, 1.82) is 0 Å². The Morgan fingerprint density at radius 2 is 2.00 bits per heavy atom. The summed E-state index contributed by atoms with van der Waals surface area (Å²) in [6.07, 6.45) is 1.52. The normalized spacial score (nSPS) is 26.0. The first-order valence-electron chi connectivity index (χ1n) is 17.2. The molecule has 13 nitrogen and oxygen atoms in total. The molecule has 9 rings (SSSR count). The van der Waals surface area contributed by atoms with Crippen LogP contribution < -0.4 is 10.9 Å². The summed E-state index contributed by atoms with van der Waals surface area (Å²) in [5.74, 6) is -2.27. The number of hydrogen-bond donors (Lipinski definition) is 2. The molecule has 5 aliphatic rings. The second-order valence-corrected chi connectivity index (χ2v) is 14.2. The third kappa shape index (κ3) is 4.73. The molecule has 5 heterocycles. The highest BCUT2D eigenvalue weighted by molar-refractivity contribution is 5.95. The molecule has 1 aromatic carbocycles. The summed E-state index contributed by atoms with van der Waals surface area (Å²) in [6, 6.07) is 1.68. The molecule has 1 spiro atoms. The van der Waals surface area contributed by atoms with Crippen LogP contribution in [0, 0.1) is 24.6 Å². The van der Waals surface area contributed by atoms with Gasteiger partial charge in [-0.05, 0) is 74.6 Å². The number of fused-ring (bicyclic) bond motifs is 8. The Balaban J connectivity index is 1.12. The van der Waals surface area contributed by atoms with Gasteiger partial charge in [0.05, 0.1) is 30.2 Å². The average Bonchev–Trinajstić information content (AvgIpc) is 3.68. The van der Waals surface area contributed by atoms with Gasteiger partial charge in [-0.25, -0.2) is 14.4 Å². The van der Waals surface area contributed by atoms with Crippen molar-refractivity contribution in [3.05, 3.63) is 80.8 Å². The van der Waals surface area contributed by atoms with Crippen LogP contribution in [0.4, 0.5) is 23.2 Å². The zero-order valence-corrected chi connectivity index (χ0v) is 27.8. The van der Waals surface area contributed by atoms with E-state index in [1.807, 2.05) is 6.08 Å². The van der Waals surface area contributed by atoms with Gasteiger partial charge in [-0.3, -0.25) is 14.4 Å². The fourth-order valence-electron chi connectivity index (χ4n) is 9.19. The van der Waals surface area contributed by atoms with Gasteiger partial charge < -0.3 is 24.6 Å². The van der Waals surface area contributed by atoms with E-state index in [2.05, 4.69) is 20.4 Å². The number of aryl methyl sites for hydroxylation is 1. The predicted octanol–water partition coefficient (Wildman–Crippen LogP) is 3.97. The summed E-state index contributed by atoms with van der Waals surface area (Å²) in [4.78, 5) is 56.6. The van der Waals surface area contributed by atoms with Crippen LogP contribution in [0.25, 0.3) is 11.4 Å². The quantitative estimate of drug-likeness (QED) is 0.291. The summed E-state index contributed by atoms with van der Waals surface area (Å²) in [7, 11) is 0. The molecule has 3 fully saturated rings. The SMILES string of the molecule is Cc1ncnc(C(=O)N2CC[C@]3(c4c(n(CC(=O)Nc5ccc(C(F)(F)F)cc5F)c5nc(C6=CCOCC6)nn5c4=O)[C@H]4C[C@H]43)[C@@H]3CC[C@@H]32)c1O. The lowest BCUT2D eigenvalue weighted by Gasteiger charge is -2.58. The number of benzene rings is 1. The minimum atomic E-state index is -4.76. The van der Waals surface area contributed by atoms with Crippen LogP contribution in [0.5, 0.6) is 5.75 Å². The lowest BCUT2D eigenvalue weighted by molar-refractivity contribution is -0.137. The van der Waals surface area contributed by atoms with E-state index in [9.17, 15) is 37.1 Å². The number of amides is 2. The van der Waals surface area contributed by atoms with E-state index < -0.39 is 47.0 Å². The smallest absolute Gasteiger partial charge is 0.416 e. The minimum Gasteiger partial charge on any atom is -0.504 e. The Morgan fingerprint density at radius 1 is 1.17 bits per heavy atom. The van der Waals surface area contributed by atoms with Crippen molar-refractivity contribution in [2.75, 3.05) is 25.1 Å². The van der Waals surface area contributed by atoms with Crippen molar-refractivity contribution in [3.8, 4) is 5.75 Å². The van der Waals surface area contributed by atoms with E-state index in [4.69, 9.17) is 9.72 Å². The molecular weight excluding hydrogens is 688 g/mol. The zero-order valence-electron chi connectivity index (χ0n) is 27.8. The zero-order chi connectivity index (χ0) is 36.3. The standard InChI is InChI=1S/C35H32F4N8O5/c1-16-29(49)27(41-15-40-16)32(51)45-9-8-34(20-3-5-24(20)45)21-13-19(21)28-26(34)31(50)47-33(43-30(44-47)17-6-10-52-11-7-17)46(28)14-25(48)42-23-4-2-18(12-22(23)36)35(37,38)39/h2,4,6,12,15,19-21,24,49H,3,5,7-11,13-14H2,1H3,(H,42,48)/t19-,20+,21+,24-,34-/m0/s1. The Bertz CT molecular complexity index is 2300. The lowest BCUT2D eigenvalue weighted by atomic mass is 9.54. The molecule has 0 unspecified atom stereocenters. The van der Waals surface area contributed by atoms with Crippen LogP contribution >= 0.6 is 0 Å². The molecule has 3 aliphatic carbocycles. The van der Waals surface area contributed by atoms with E-state index in [0.29, 0.717) is 73.9 Å². The molecule has 1 saturated heterocycles. The number of aromatic hydroxyl groups is 1. The number of carbonyl (C=O) groups is 2. The van der Waals surface area contributed by atoms with Crippen LogP contribution in [-0.2, 0) is 27.7 Å². The summed E-state index contributed by atoms with van der Waals surface area (Å²) >= 11 is 0. The number of nitrogens with one attached hydrogen (secondary N) is 1. The Kier molecular flexibility index (Phi) is 7.17. The molecule has 0 bridgehead atoms. The van der Waals surface area contributed by atoms with Crippen molar-refractivity contribution in [2.45, 2.75) is 69.1 Å². The number of rotatable bonds is 5. The maximum Gasteiger partial charge on any atom is 0.416 e. The predicted molar refractivity (Wildman–Crippen MR) is 174 cm³/mol. The van der Waals surface area contributed by atoms with E-state index in [0.717, 1.165) is 24.5 Å². The van der Waals surface area contributed by atoms with Crippen molar-refractivity contribution < 1.29 is 37.0 Å². The molecule has 52 heavy (non-hydrogen) atoms. The summed E-state index contributed by atoms with van der Waals surface area (Å²) < 4.78 is 62.6. The number of halogens is 4. The molecule has 3 aromatic heterocycles. The largest absolute Gasteiger partial charge is 0.504 e. The molecule has 2 aliphatic heterocycles. The third-order valence-electron chi connectivity index (χ3n) is 11.7. The molecule has 5 atom stereocenters. The number of piperidine rings is 1. The van der Waals surface area contributed by atoms with Crippen LogP contribution in [0.1, 0.15) is 76.8 Å². The highest BCUT2D eigenvalue weighted by Gasteiger charge is 2.70. The second kappa shape index (κ2) is 11.4. The first-order chi connectivity index (χ1) is 24.9. The molecule has 2 N–H and O–H groups in total. The maximum atomic E-state index is 14.8. The first-order valence-corrected chi connectivity index (χ1v) is 17.2. The van der Waals surface area contributed by atoms with E-state index in [1.165, 1.54) is 10.8 Å². The van der Waals surface area contributed by atoms with Gasteiger partial charge in [-0.1, -0.05) is 6.08 Å². The van der Waals surface area contributed by atoms with E-state index >= 15 is 0 Å². The van der Waals surface area contributed by atoms with Gasteiger partial charge in [0, 0.05) is 35.2 Å². The maximum absolute atomic E-state index is 14.8. The number of carbonyl (C=O) groups excluding carboxylic acids is 2. The van der Waals surface area contributed by atoms with Crippen molar-refractivity contribution >= 4 is 28.9 Å². The summed E-state index contributed by atoms with van der Waals surface area (Å²) in [6.45, 7) is 2.29. The number of alkyl halides is 3. The molecule has 4 aromatic rings. The van der Waals surface area contributed by atoms with Gasteiger partial charge in [0.2, 0.25) is 11.7 Å². The number of hydrogen-bond acceptors (Lipinski definition) is 9. The van der Waals surface area contributed by atoms with Gasteiger partial charge in [0.15, 0.2) is 17.3 Å². The molecule has 270 valence electrons. The second-order valence-electron chi connectivity index (χ2n) is 14.2. The Morgan fingerprint density at radius 3 is 2.71 bits per heavy atom. The van der Waals surface area contributed by atoms with Gasteiger partial charge in [-0.15, -0.1) is 5.10 Å². The van der Waals surface area contributed by atoms with Gasteiger partial charge >= 0.3 is 6.18 Å². The van der Waals surface area contributed by atoms with Gasteiger partial charge in [-0.2, -0.15) is 22.7 Å². The summed E-state index contributed by atoms with van der Waals surface area (Å²) in [5, 5.41) is 17.6. The fraction of sp³-hybridized carbons (Fsp3) is 0.457. The van der Waals surface area contributed by atoms with Crippen molar-refractivity contribution in [1.82, 2.24) is 34.0 Å². The van der Waals surface area contributed by atoms with Gasteiger partial charge in [0.1, 0.15) is 18.7 Å². The van der Waals surface area contributed by atoms with Crippen LogP contribution in [0.15, 0.2) is 35.4 Å². The molecule has 0 radical (unpaired) electrons. The first kappa shape index (κ1) is 32.7. The number of nitrogens with zero attached hydrogens (tertiary/aromatic N) is 7. The fourth-order valence-corrected chi connectivity index (χ4v) is 9.19. The van der Waals surface area contributed by atoms with Crippen LogP contribution in [0.2, 0.25) is 0 Å². The highest BCUT2D eigenvalue weighted by Crippen LogP contribution is 2.72. The van der Waals surface area contributed by atoms with E-state index in [1.54, 1.807) is 16.4 Å². The molecule has 2 amide bonds. The third-order valence-corrected chi connectivity index (χ3v) is 11.7.